The van der Waals surface area contributed by atoms with E-state index in [-0.39, 0.29) is 5.69 Å². The van der Waals surface area contributed by atoms with Gasteiger partial charge in [-0.2, -0.15) is 0 Å². The van der Waals surface area contributed by atoms with Crippen LogP contribution in [0.5, 0.6) is 0 Å². The summed E-state index contributed by atoms with van der Waals surface area (Å²) in [6, 6.07) is 3.36. The molecule has 72 valence electrons. The van der Waals surface area contributed by atoms with Crippen molar-refractivity contribution in [1.82, 2.24) is 0 Å². The molecule has 1 aromatic rings. The van der Waals surface area contributed by atoms with Gasteiger partial charge >= 0.3 is 0 Å². The maximum absolute atomic E-state index is 12.8. The van der Waals surface area contributed by atoms with Gasteiger partial charge in [0.1, 0.15) is 0 Å². The summed E-state index contributed by atoms with van der Waals surface area (Å²) >= 11 is 0. The largest absolute Gasteiger partial charge is 0.377 e. The minimum atomic E-state index is -2.59. The van der Waals surface area contributed by atoms with Crippen LogP contribution in [-0.2, 0) is 0 Å². The molecule has 1 rings (SSSR count). The number of benzene rings is 1. The van der Waals surface area contributed by atoms with Crippen LogP contribution in [-0.4, -0.2) is 13.0 Å². The van der Waals surface area contributed by atoms with Crippen molar-refractivity contribution >= 4 is 5.69 Å². The summed E-state index contributed by atoms with van der Waals surface area (Å²) in [6.07, 6.45) is -2.59. The lowest BCUT2D eigenvalue weighted by Crippen LogP contribution is -2.11. The van der Waals surface area contributed by atoms with Gasteiger partial charge in [0, 0.05) is 0 Å². The van der Waals surface area contributed by atoms with Gasteiger partial charge < -0.3 is 5.32 Å². The molecule has 0 bridgehead atoms. The Morgan fingerprint density at radius 3 is 2.54 bits per heavy atom. The fourth-order valence-electron chi connectivity index (χ4n) is 0.827. The SMILES string of the molecule is Fc1cccc(NCC(F)F)c1F. The Morgan fingerprint density at radius 1 is 1.23 bits per heavy atom. The molecule has 0 radical (unpaired) electrons. The molecule has 1 N–H and O–H groups in total. The van der Waals surface area contributed by atoms with Gasteiger partial charge in [-0.25, -0.2) is 17.6 Å². The summed E-state index contributed by atoms with van der Waals surface area (Å²) < 4.78 is 48.6. The molecule has 0 unspecified atom stereocenters. The predicted octanol–water partition coefficient (Wildman–Crippen LogP) is 2.64. The van der Waals surface area contributed by atoms with Crippen LogP contribution in [0.1, 0.15) is 0 Å². The van der Waals surface area contributed by atoms with Crippen molar-refractivity contribution in [2.75, 3.05) is 11.9 Å². The Hall–Kier alpha value is -1.26. The smallest absolute Gasteiger partial charge is 0.255 e. The van der Waals surface area contributed by atoms with Gasteiger partial charge in [-0.1, -0.05) is 6.07 Å². The molecular weight excluding hydrogens is 186 g/mol. The number of hydrogen-bond acceptors (Lipinski definition) is 1. The zero-order valence-corrected chi connectivity index (χ0v) is 6.53. The highest BCUT2D eigenvalue weighted by Gasteiger charge is 2.08. The molecule has 0 aliphatic rings. The number of nitrogens with one attached hydrogen (secondary N) is 1. The van der Waals surface area contributed by atoms with Crippen LogP contribution in [0.3, 0.4) is 0 Å². The highest BCUT2D eigenvalue weighted by atomic mass is 19.3. The number of halogens is 4. The van der Waals surface area contributed by atoms with Crippen LogP contribution in [0.2, 0.25) is 0 Å². The van der Waals surface area contributed by atoms with Crippen molar-refractivity contribution in [3.63, 3.8) is 0 Å². The van der Waals surface area contributed by atoms with Gasteiger partial charge in [0.05, 0.1) is 12.2 Å². The van der Waals surface area contributed by atoms with E-state index in [1.165, 1.54) is 12.1 Å². The van der Waals surface area contributed by atoms with Gasteiger partial charge in [0.25, 0.3) is 6.43 Å². The summed E-state index contributed by atoms with van der Waals surface area (Å²) in [7, 11) is 0. The summed E-state index contributed by atoms with van der Waals surface area (Å²) in [4.78, 5) is 0. The minimum Gasteiger partial charge on any atom is -0.377 e. The van der Waals surface area contributed by atoms with E-state index in [2.05, 4.69) is 5.32 Å². The Kier molecular flexibility index (Phi) is 3.11. The number of hydrogen-bond donors (Lipinski definition) is 1. The van der Waals surface area contributed by atoms with E-state index in [0.717, 1.165) is 6.07 Å². The summed E-state index contributed by atoms with van der Waals surface area (Å²) in [6.45, 7) is -0.694. The lowest BCUT2D eigenvalue weighted by atomic mass is 10.3. The molecular formula is C8H7F4N. The highest BCUT2D eigenvalue weighted by molar-refractivity contribution is 5.44. The third-order valence-corrected chi connectivity index (χ3v) is 1.40. The van der Waals surface area contributed by atoms with E-state index in [4.69, 9.17) is 0 Å². The second-order valence-electron chi connectivity index (χ2n) is 2.37. The van der Waals surface area contributed by atoms with E-state index >= 15 is 0 Å². The first-order valence-electron chi connectivity index (χ1n) is 3.57. The molecule has 0 amide bonds. The van der Waals surface area contributed by atoms with Gasteiger partial charge in [-0.05, 0) is 12.1 Å². The van der Waals surface area contributed by atoms with E-state index in [1.54, 1.807) is 0 Å². The quantitative estimate of drug-likeness (QED) is 0.727. The van der Waals surface area contributed by atoms with Crippen molar-refractivity contribution in [2.45, 2.75) is 6.43 Å². The average Bonchev–Trinajstić information content (AvgIpc) is 2.07. The topological polar surface area (TPSA) is 12.0 Å². The predicted molar refractivity (Wildman–Crippen MR) is 40.9 cm³/mol. The van der Waals surface area contributed by atoms with Crippen LogP contribution in [0.25, 0.3) is 0 Å². The third kappa shape index (κ3) is 2.61. The zero-order chi connectivity index (χ0) is 9.84. The van der Waals surface area contributed by atoms with Crippen LogP contribution in [0.4, 0.5) is 23.2 Å². The molecule has 1 nitrogen and oxygen atoms in total. The van der Waals surface area contributed by atoms with E-state index in [9.17, 15) is 17.6 Å². The van der Waals surface area contributed by atoms with E-state index in [1.807, 2.05) is 0 Å². The molecule has 0 aliphatic carbocycles. The molecule has 1 aromatic carbocycles. The van der Waals surface area contributed by atoms with Gasteiger partial charge in [-0.15, -0.1) is 0 Å². The van der Waals surface area contributed by atoms with Crippen molar-refractivity contribution in [1.29, 1.82) is 0 Å². The molecule has 13 heavy (non-hydrogen) atoms. The number of rotatable bonds is 3. The number of alkyl halides is 2. The van der Waals surface area contributed by atoms with Crippen LogP contribution >= 0.6 is 0 Å². The maximum Gasteiger partial charge on any atom is 0.255 e. The summed E-state index contributed by atoms with van der Waals surface area (Å²) in [5.41, 5.74) is -0.250. The minimum absolute atomic E-state index is 0.250. The lowest BCUT2D eigenvalue weighted by molar-refractivity contribution is 0.163. The molecule has 0 saturated heterocycles. The van der Waals surface area contributed by atoms with Gasteiger partial charge in [-0.3, -0.25) is 0 Å². The fraction of sp³-hybridized carbons (Fsp3) is 0.250. The monoisotopic (exact) mass is 193 g/mol. The molecule has 5 heteroatoms. The Bertz CT molecular complexity index is 287. The van der Waals surface area contributed by atoms with Gasteiger partial charge in [0.2, 0.25) is 0 Å². The van der Waals surface area contributed by atoms with E-state index in [0.29, 0.717) is 0 Å². The fourth-order valence-corrected chi connectivity index (χ4v) is 0.827. The lowest BCUT2D eigenvalue weighted by Gasteiger charge is -2.06. The van der Waals surface area contributed by atoms with Crippen molar-refractivity contribution in [3.8, 4) is 0 Å². The Balaban J connectivity index is 2.71. The molecule has 0 fully saturated rings. The van der Waals surface area contributed by atoms with Crippen LogP contribution in [0.15, 0.2) is 18.2 Å². The standard InChI is InChI=1S/C8H7F4N/c9-5-2-1-3-6(8(5)12)13-4-7(10)11/h1-3,7,13H,4H2. The second-order valence-corrected chi connectivity index (χ2v) is 2.37. The maximum atomic E-state index is 12.8. The van der Waals surface area contributed by atoms with Crippen molar-refractivity contribution in [2.24, 2.45) is 0 Å². The molecule has 0 heterocycles. The zero-order valence-electron chi connectivity index (χ0n) is 6.53. The van der Waals surface area contributed by atoms with Crippen molar-refractivity contribution in [3.05, 3.63) is 29.8 Å². The number of anilines is 1. The van der Waals surface area contributed by atoms with Crippen LogP contribution < -0.4 is 5.32 Å². The molecule has 0 spiro atoms. The first-order chi connectivity index (χ1) is 6.11. The molecule has 0 atom stereocenters. The van der Waals surface area contributed by atoms with Crippen molar-refractivity contribution < 1.29 is 17.6 Å². The third-order valence-electron chi connectivity index (χ3n) is 1.40. The first kappa shape index (κ1) is 9.83. The van der Waals surface area contributed by atoms with Crippen LogP contribution in [0, 0.1) is 11.6 Å². The molecule has 0 aromatic heterocycles. The highest BCUT2D eigenvalue weighted by Crippen LogP contribution is 2.16. The molecule has 0 aliphatic heterocycles. The van der Waals surface area contributed by atoms with Gasteiger partial charge in [0.15, 0.2) is 11.6 Å². The summed E-state index contributed by atoms with van der Waals surface area (Å²) in [5, 5.41) is 2.09. The Morgan fingerprint density at radius 2 is 1.92 bits per heavy atom. The molecule has 0 saturated carbocycles. The first-order valence-corrected chi connectivity index (χ1v) is 3.57. The normalized spacial score (nSPS) is 10.5. The second kappa shape index (κ2) is 4.11. The summed E-state index contributed by atoms with van der Waals surface area (Å²) in [5.74, 6) is -2.19. The Labute approximate surface area is 72.4 Å². The van der Waals surface area contributed by atoms with E-state index < -0.39 is 24.6 Å². The average molecular weight is 193 g/mol.